The van der Waals surface area contributed by atoms with Crippen molar-refractivity contribution < 1.29 is 0 Å². The first-order valence-corrected chi connectivity index (χ1v) is 7.71. The molecule has 0 radical (unpaired) electrons. The number of halogens is 2. The van der Waals surface area contributed by atoms with Crippen molar-refractivity contribution in [2.45, 2.75) is 19.9 Å². The van der Waals surface area contributed by atoms with Crippen molar-refractivity contribution in [3.05, 3.63) is 58.6 Å². The first-order chi connectivity index (χ1) is 10.2. The highest BCUT2D eigenvalue weighted by atomic mass is 35.5. The highest BCUT2D eigenvalue weighted by molar-refractivity contribution is 6.35. The number of fused-ring (bicyclic) bond motifs is 1. The highest BCUT2D eigenvalue weighted by Gasteiger charge is 2.14. The summed E-state index contributed by atoms with van der Waals surface area (Å²) in [6.07, 6.45) is 4.40. The molecule has 0 bridgehead atoms. The van der Waals surface area contributed by atoms with Gasteiger partial charge in [-0.05, 0) is 36.2 Å². The molecule has 0 atom stereocenters. The van der Waals surface area contributed by atoms with E-state index in [-0.39, 0.29) is 0 Å². The van der Waals surface area contributed by atoms with Crippen LogP contribution in [-0.4, -0.2) is 20.4 Å². The second-order valence-corrected chi connectivity index (χ2v) is 5.75. The topological polar surface area (TPSA) is 30.7 Å². The standard InChI is InChI=1S/C16H15Cl2N3/c1-11-9-19-8-6-12(11)10-21-15(5-7-17)20-14-4-2-3-13(18)16(14)21/h2-4,6,8-9H,5,7,10H2,1H3. The zero-order chi connectivity index (χ0) is 14.8. The predicted octanol–water partition coefficient (Wildman–Crippen LogP) is 4.22. The van der Waals surface area contributed by atoms with E-state index in [1.807, 2.05) is 36.7 Å². The number of para-hydroxylation sites is 1. The van der Waals surface area contributed by atoms with Crippen LogP contribution < -0.4 is 0 Å². The molecule has 0 saturated heterocycles. The number of pyridine rings is 1. The molecular formula is C16H15Cl2N3. The molecule has 0 spiro atoms. The Morgan fingerprint density at radius 2 is 2.10 bits per heavy atom. The van der Waals surface area contributed by atoms with Gasteiger partial charge in [0, 0.05) is 31.2 Å². The van der Waals surface area contributed by atoms with Crippen LogP contribution in [0.4, 0.5) is 0 Å². The van der Waals surface area contributed by atoms with Crippen LogP contribution >= 0.6 is 23.2 Å². The molecular weight excluding hydrogens is 305 g/mol. The summed E-state index contributed by atoms with van der Waals surface area (Å²) >= 11 is 12.3. The van der Waals surface area contributed by atoms with Gasteiger partial charge >= 0.3 is 0 Å². The molecule has 0 saturated carbocycles. The fraction of sp³-hybridized carbons (Fsp3) is 0.250. The van der Waals surface area contributed by atoms with Gasteiger partial charge in [-0.3, -0.25) is 4.98 Å². The lowest BCUT2D eigenvalue weighted by Gasteiger charge is -2.11. The lowest BCUT2D eigenvalue weighted by molar-refractivity contribution is 0.750. The molecule has 2 heterocycles. The van der Waals surface area contributed by atoms with E-state index in [1.54, 1.807) is 0 Å². The van der Waals surface area contributed by atoms with Crippen molar-refractivity contribution in [3.63, 3.8) is 0 Å². The van der Waals surface area contributed by atoms with Gasteiger partial charge in [0.15, 0.2) is 0 Å². The van der Waals surface area contributed by atoms with Crippen LogP contribution in [0.15, 0.2) is 36.7 Å². The van der Waals surface area contributed by atoms with Gasteiger partial charge in [0.1, 0.15) is 5.82 Å². The summed E-state index contributed by atoms with van der Waals surface area (Å²) in [5.41, 5.74) is 4.24. The zero-order valence-electron chi connectivity index (χ0n) is 11.7. The Kier molecular flexibility index (Phi) is 4.13. The minimum absolute atomic E-state index is 0.538. The molecule has 1 aromatic carbocycles. The minimum atomic E-state index is 0.538. The summed E-state index contributed by atoms with van der Waals surface area (Å²) < 4.78 is 2.16. The van der Waals surface area contributed by atoms with E-state index in [0.29, 0.717) is 10.9 Å². The van der Waals surface area contributed by atoms with Crippen LogP contribution in [0.25, 0.3) is 11.0 Å². The third-order valence-electron chi connectivity index (χ3n) is 3.58. The fourth-order valence-corrected chi connectivity index (χ4v) is 2.93. The molecule has 3 rings (SSSR count). The smallest absolute Gasteiger partial charge is 0.111 e. The monoisotopic (exact) mass is 319 g/mol. The number of nitrogens with zero attached hydrogens (tertiary/aromatic N) is 3. The maximum atomic E-state index is 6.38. The maximum Gasteiger partial charge on any atom is 0.111 e. The van der Waals surface area contributed by atoms with Crippen molar-refractivity contribution >= 4 is 34.2 Å². The van der Waals surface area contributed by atoms with Crippen LogP contribution in [-0.2, 0) is 13.0 Å². The number of alkyl halides is 1. The van der Waals surface area contributed by atoms with E-state index in [2.05, 4.69) is 21.5 Å². The van der Waals surface area contributed by atoms with Crippen LogP contribution in [0.3, 0.4) is 0 Å². The average molecular weight is 320 g/mol. The minimum Gasteiger partial charge on any atom is -0.322 e. The highest BCUT2D eigenvalue weighted by Crippen LogP contribution is 2.26. The summed E-state index contributed by atoms with van der Waals surface area (Å²) in [4.78, 5) is 8.81. The number of aromatic nitrogens is 3. The van der Waals surface area contributed by atoms with Crippen molar-refractivity contribution in [1.82, 2.24) is 14.5 Å². The van der Waals surface area contributed by atoms with E-state index in [1.165, 1.54) is 5.56 Å². The van der Waals surface area contributed by atoms with Gasteiger partial charge in [0.05, 0.1) is 16.1 Å². The second kappa shape index (κ2) is 6.04. The van der Waals surface area contributed by atoms with Gasteiger partial charge in [-0.25, -0.2) is 4.98 Å². The molecule has 0 N–H and O–H groups in total. The van der Waals surface area contributed by atoms with Gasteiger partial charge in [0.25, 0.3) is 0 Å². The van der Waals surface area contributed by atoms with E-state index in [9.17, 15) is 0 Å². The number of benzene rings is 1. The SMILES string of the molecule is Cc1cnccc1Cn1c(CCCl)nc2cccc(Cl)c21. The summed E-state index contributed by atoms with van der Waals surface area (Å²) in [5, 5.41) is 0.715. The molecule has 3 nitrogen and oxygen atoms in total. The van der Waals surface area contributed by atoms with Gasteiger partial charge in [-0.15, -0.1) is 11.6 Å². The first-order valence-electron chi connectivity index (χ1n) is 6.80. The Bertz CT molecular complexity index is 780. The van der Waals surface area contributed by atoms with Crippen molar-refractivity contribution in [2.24, 2.45) is 0 Å². The van der Waals surface area contributed by atoms with Crippen molar-refractivity contribution in [2.75, 3.05) is 5.88 Å². The number of rotatable bonds is 4. The number of hydrogen-bond donors (Lipinski definition) is 0. The normalized spacial score (nSPS) is 11.2. The van der Waals surface area contributed by atoms with Gasteiger partial charge < -0.3 is 4.57 Å². The van der Waals surface area contributed by atoms with Gasteiger partial charge in [-0.1, -0.05) is 17.7 Å². The number of imidazole rings is 1. The number of hydrogen-bond acceptors (Lipinski definition) is 2. The van der Waals surface area contributed by atoms with E-state index in [4.69, 9.17) is 23.2 Å². The van der Waals surface area contributed by atoms with Crippen molar-refractivity contribution in [1.29, 1.82) is 0 Å². The summed E-state index contributed by atoms with van der Waals surface area (Å²) in [7, 11) is 0. The average Bonchev–Trinajstić information content (AvgIpc) is 2.81. The molecule has 0 aliphatic rings. The summed E-state index contributed by atoms with van der Waals surface area (Å²) in [6, 6.07) is 7.83. The Morgan fingerprint density at radius 1 is 1.24 bits per heavy atom. The predicted molar refractivity (Wildman–Crippen MR) is 87.2 cm³/mol. The maximum absolute atomic E-state index is 6.38. The summed E-state index contributed by atoms with van der Waals surface area (Å²) in [6.45, 7) is 2.78. The Hall–Kier alpha value is -1.58. The van der Waals surface area contributed by atoms with Gasteiger partial charge in [0.2, 0.25) is 0 Å². The molecule has 21 heavy (non-hydrogen) atoms. The molecule has 3 aromatic rings. The third-order valence-corrected chi connectivity index (χ3v) is 4.07. The van der Waals surface area contributed by atoms with Gasteiger partial charge in [-0.2, -0.15) is 0 Å². The quantitative estimate of drug-likeness (QED) is 0.674. The Balaban J connectivity index is 2.15. The third kappa shape index (κ3) is 2.76. The zero-order valence-corrected chi connectivity index (χ0v) is 13.2. The van der Waals surface area contributed by atoms with Crippen LogP contribution in [0.2, 0.25) is 5.02 Å². The fourth-order valence-electron chi connectivity index (χ4n) is 2.49. The molecule has 5 heteroatoms. The molecule has 0 unspecified atom stereocenters. The second-order valence-electron chi connectivity index (χ2n) is 4.96. The molecule has 2 aromatic heterocycles. The Labute approximate surface area is 133 Å². The largest absolute Gasteiger partial charge is 0.322 e. The van der Waals surface area contributed by atoms with E-state index < -0.39 is 0 Å². The lowest BCUT2D eigenvalue weighted by atomic mass is 10.1. The van der Waals surface area contributed by atoms with E-state index >= 15 is 0 Å². The lowest BCUT2D eigenvalue weighted by Crippen LogP contribution is -2.07. The molecule has 0 amide bonds. The van der Waals surface area contributed by atoms with Crippen LogP contribution in [0.1, 0.15) is 17.0 Å². The van der Waals surface area contributed by atoms with Crippen molar-refractivity contribution in [3.8, 4) is 0 Å². The number of aryl methyl sites for hydroxylation is 2. The van der Waals surface area contributed by atoms with Crippen LogP contribution in [0, 0.1) is 6.92 Å². The Morgan fingerprint density at radius 3 is 2.86 bits per heavy atom. The van der Waals surface area contributed by atoms with Crippen LogP contribution in [0.5, 0.6) is 0 Å². The summed E-state index contributed by atoms with van der Waals surface area (Å²) in [5.74, 6) is 1.50. The molecule has 0 aliphatic heterocycles. The van der Waals surface area contributed by atoms with E-state index in [0.717, 1.165) is 35.4 Å². The molecule has 0 aliphatic carbocycles. The first kappa shape index (κ1) is 14.4. The molecule has 0 fully saturated rings. The molecule has 108 valence electrons.